The second-order valence-corrected chi connectivity index (χ2v) is 7.93. The smallest absolute Gasteiger partial charge is 0.293 e. The van der Waals surface area contributed by atoms with E-state index in [4.69, 9.17) is 4.74 Å². The van der Waals surface area contributed by atoms with E-state index in [-0.39, 0.29) is 11.6 Å². The van der Waals surface area contributed by atoms with Gasteiger partial charge in [-0.3, -0.25) is 19.8 Å². The van der Waals surface area contributed by atoms with Crippen molar-refractivity contribution in [1.82, 2.24) is 9.80 Å². The zero-order valence-corrected chi connectivity index (χ0v) is 17.6. The van der Waals surface area contributed by atoms with Crippen molar-refractivity contribution in [2.75, 3.05) is 63.9 Å². The van der Waals surface area contributed by atoms with E-state index in [0.29, 0.717) is 50.6 Å². The van der Waals surface area contributed by atoms with E-state index in [1.807, 2.05) is 11.0 Å². The van der Waals surface area contributed by atoms with Crippen LogP contribution < -0.4 is 4.90 Å². The first-order valence-corrected chi connectivity index (χ1v) is 10.8. The summed E-state index contributed by atoms with van der Waals surface area (Å²) in [7, 11) is 0. The number of rotatable bonds is 6. The van der Waals surface area contributed by atoms with Gasteiger partial charge in [0, 0.05) is 57.4 Å². The molecule has 0 spiro atoms. The van der Waals surface area contributed by atoms with Gasteiger partial charge in [0.15, 0.2) is 0 Å². The summed E-state index contributed by atoms with van der Waals surface area (Å²) < 4.78 is 5.34. The second kappa shape index (κ2) is 9.89. The minimum atomic E-state index is -0.400. The predicted octanol–water partition coefficient (Wildman–Crippen LogP) is 2.43. The van der Waals surface area contributed by atoms with E-state index in [1.54, 1.807) is 17.0 Å². The lowest BCUT2D eigenvalue weighted by molar-refractivity contribution is -0.384. The van der Waals surface area contributed by atoms with Crippen LogP contribution in [0.1, 0.15) is 15.9 Å². The summed E-state index contributed by atoms with van der Waals surface area (Å²) in [5.41, 5.74) is 2.22. The van der Waals surface area contributed by atoms with Gasteiger partial charge in [-0.25, -0.2) is 0 Å². The van der Waals surface area contributed by atoms with Crippen LogP contribution in [0.2, 0.25) is 0 Å². The number of benzene rings is 2. The third-order valence-corrected chi connectivity index (χ3v) is 5.99. The Morgan fingerprint density at radius 3 is 2.35 bits per heavy atom. The summed E-state index contributed by atoms with van der Waals surface area (Å²) in [5.74, 6) is -0.140. The molecule has 31 heavy (non-hydrogen) atoms. The molecule has 0 aromatic heterocycles. The molecule has 0 saturated carbocycles. The molecule has 2 saturated heterocycles. The second-order valence-electron chi connectivity index (χ2n) is 7.93. The SMILES string of the molecule is O=C(c1ccc(N2CCOCC2)c([N+](=O)[O-])c1)N1CCN(CCc2ccccc2)CC1. The van der Waals surface area contributed by atoms with Gasteiger partial charge >= 0.3 is 0 Å². The molecule has 1 amide bonds. The van der Waals surface area contributed by atoms with Crippen molar-refractivity contribution in [2.24, 2.45) is 0 Å². The maximum absolute atomic E-state index is 13.0. The van der Waals surface area contributed by atoms with Gasteiger partial charge in [0.1, 0.15) is 5.69 Å². The van der Waals surface area contributed by atoms with Gasteiger partial charge in [-0.15, -0.1) is 0 Å². The Morgan fingerprint density at radius 2 is 1.68 bits per heavy atom. The predicted molar refractivity (Wildman–Crippen MR) is 119 cm³/mol. The van der Waals surface area contributed by atoms with Crippen LogP contribution in [0.3, 0.4) is 0 Å². The number of carbonyl (C=O) groups is 1. The number of ether oxygens (including phenoxy) is 1. The largest absolute Gasteiger partial charge is 0.378 e. The fourth-order valence-corrected chi connectivity index (χ4v) is 4.16. The van der Waals surface area contributed by atoms with Crippen LogP contribution in [0.4, 0.5) is 11.4 Å². The molecule has 2 aliphatic heterocycles. The molecule has 2 aromatic rings. The molecular weight excluding hydrogens is 396 g/mol. The Morgan fingerprint density at radius 1 is 0.968 bits per heavy atom. The maximum Gasteiger partial charge on any atom is 0.293 e. The van der Waals surface area contributed by atoms with E-state index in [9.17, 15) is 14.9 Å². The minimum absolute atomic E-state index is 0.0192. The van der Waals surface area contributed by atoms with Gasteiger partial charge in [-0.1, -0.05) is 30.3 Å². The Kier molecular flexibility index (Phi) is 6.79. The van der Waals surface area contributed by atoms with Crippen molar-refractivity contribution in [1.29, 1.82) is 0 Å². The summed E-state index contributed by atoms with van der Waals surface area (Å²) >= 11 is 0. The molecule has 8 nitrogen and oxygen atoms in total. The number of nitrogens with zero attached hydrogens (tertiary/aromatic N) is 4. The molecule has 0 radical (unpaired) electrons. The molecule has 4 rings (SSSR count). The topological polar surface area (TPSA) is 79.2 Å². The quantitative estimate of drug-likeness (QED) is 0.524. The van der Waals surface area contributed by atoms with Crippen LogP contribution in [0.15, 0.2) is 48.5 Å². The number of hydrogen-bond acceptors (Lipinski definition) is 6. The molecule has 0 aliphatic carbocycles. The first-order chi connectivity index (χ1) is 15.1. The lowest BCUT2D eigenvalue weighted by Crippen LogP contribution is -2.49. The van der Waals surface area contributed by atoms with Crippen molar-refractivity contribution in [3.05, 3.63) is 69.8 Å². The van der Waals surface area contributed by atoms with Crippen LogP contribution in [0, 0.1) is 10.1 Å². The summed E-state index contributed by atoms with van der Waals surface area (Å²) in [6.45, 7) is 6.17. The molecule has 164 valence electrons. The molecule has 0 atom stereocenters. The average Bonchev–Trinajstić information content (AvgIpc) is 2.83. The number of nitro groups is 1. The van der Waals surface area contributed by atoms with Gasteiger partial charge in [0.2, 0.25) is 0 Å². The van der Waals surface area contributed by atoms with E-state index >= 15 is 0 Å². The van der Waals surface area contributed by atoms with Crippen LogP contribution in [0.5, 0.6) is 0 Å². The maximum atomic E-state index is 13.0. The van der Waals surface area contributed by atoms with Gasteiger partial charge in [0.25, 0.3) is 11.6 Å². The fraction of sp³-hybridized carbons (Fsp3) is 0.435. The minimum Gasteiger partial charge on any atom is -0.378 e. The molecule has 2 heterocycles. The molecule has 2 aromatic carbocycles. The number of hydrogen-bond donors (Lipinski definition) is 0. The highest BCUT2D eigenvalue weighted by molar-refractivity contribution is 5.96. The number of piperazine rings is 1. The highest BCUT2D eigenvalue weighted by atomic mass is 16.6. The number of anilines is 1. The van der Waals surface area contributed by atoms with E-state index in [2.05, 4.69) is 29.2 Å². The number of carbonyl (C=O) groups excluding carboxylic acids is 1. The third kappa shape index (κ3) is 5.21. The number of nitro benzene ring substituents is 1. The first kappa shape index (κ1) is 21.3. The van der Waals surface area contributed by atoms with Gasteiger partial charge < -0.3 is 14.5 Å². The average molecular weight is 425 g/mol. The fourth-order valence-electron chi connectivity index (χ4n) is 4.16. The molecular formula is C23H28N4O4. The third-order valence-electron chi connectivity index (χ3n) is 5.99. The van der Waals surface area contributed by atoms with Crippen molar-refractivity contribution in [3.8, 4) is 0 Å². The summed E-state index contributed by atoms with van der Waals surface area (Å²) in [4.78, 5) is 30.4. The van der Waals surface area contributed by atoms with E-state index < -0.39 is 4.92 Å². The van der Waals surface area contributed by atoms with Gasteiger partial charge in [-0.05, 0) is 24.1 Å². The normalized spacial score (nSPS) is 17.5. The van der Waals surface area contributed by atoms with E-state index in [0.717, 1.165) is 26.1 Å². The molecule has 0 bridgehead atoms. The summed E-state index contributed by atoms with van der Waals surface area (Å²) in [5, 5.41) is 11.7. The van der Waals surface area contributed by atoms with Crippen molar-refractivity contribution in [3.63, 3.8) is 0 Å². The zero-order valence-electron chi connectivity index (χ0n) is 17.6. The highest BCUT2D eigenvalue weighted by Crippen LogP contribution is 2.30. The molecule has 8 heteroatoms. The lowest BCUT2D eigenvalue weighted by atomic mass is 10.1. The van der Waals surface area contributed by atoms with Crippen molar-refractivity contribution >= 4 is 17.3 Å². The summed E-state index contributed by atoms with van der Waals surface area (Å²) in [6, 6.07) is 15.2. The van der Waals surface area contributed by atoms with Gasteiger partial charge in [-0.2, -0.15) is 0 Å². The van der Waals surface area contributed by atoms with Crippen LogP contribution in [-0.2, 0) is 11.2 Å². The van der Waals surface area contributed by atoms with Crippen LogP contribution in [0.25, 0.3) is 0 Å². The highest BCUT2D eigenvalue weighted by Gasteiger charge is 2.26. The Bertz CT molecular complexity index is 907. The standard InChI is InChI=1S/C23H28N4O4/c28-23(26-12-10-24(11-13-26)9-8-19-4-2-1-3-5-19)20-6-7-21(22(18-20)27(29)30)25-14-16-31-17-15-25/h1-7,18H,8-17H2. The Labute approximate surface area is 182 Å². The van der Waals surface area contributed by atoms with E-state index in [1.165, 1.54) is 11.6 Å². The number of amides is 1. The Hall–Kier alpha value is -2.97. The molecule has 0 N–H and O–H groups in total. The zero-order chi connectivity index (χ0) is 21.6. The van der Waals surface area contributed by atoms with Crippen molar-refractivity contribution < 1.29 is 14.5 Å². The monoisotopic (exact) mass is 424 g/mol. The number of morpholine rings is 1. The van der Waals surface area contributed by atoms with Gasteiger partial charge in [0.05, 0.1) is 18.1 Å². The molecule has 0 unspecified atom stereocenters. The first-order valence-electron chi connectivity index (χ1n) is 10.8. The van der Waals surface area contributed by atoms with Crippen LogP contribution in [-0.4, -0.2) is 79.7 Å². The molecule has 2 fully saturated rings. The Balaban J connectivity index is 1.37. The van der Waals surface area contributed by atoms with Crippen LogP contribution >= 0.6 is 0 Å². The molecule has 2 aliphatic rings. The summed E-state index contributed by atoms with van der Waals surface area (Å²) in [6.07, 6.45) is 0.990. The van der Waals surface area contributed by atoms with Crippen molar-refractivity contribution in [2.45, 2.75) is 6.42 Å². The lowest BCUT2D eigenvalue weighted by Gasteiger charge is -2.35.